The lowest BCUT2D eigenvalue weighted by molar-refractivity contribution is 0.285. The van der Waals surface area contributed by atoms with Crippen LogP contribution in [-0.4, -0.2) is 30.9 Å². The average molecular weight is 273 g/mol. The molecule has 0 bridgehead atoms. The highest BCUT2D eigenvalue weighted by molar-refractivity contribution is 7.91. The van der Waals surface area contributed by atoms with Crippen LogP contribution in [0.1, 0.15) is 16.9 Å². The number of aliphatic hydroxyl groups is 1. The van der Waals surface area contributed by atoms with Crippen molar-refractivity contribution in [3.05, 3.63) is 28.7 Å². The van der Waals surface area contributed by atoms with E-state index in [0.29, 0.717) is 17.3 Å². The van der Waals surface area contributed by atoms with Gasteiger partial charge in [0.25, 0.3) is 10.0 Å². The Hall–Kier alpha value is -0.690. The van der Waals surface area contributed by atoms with Gasteiger partial charge in [0, 0.05) is 18.0 Å². The highest BCUT2D eigenvalue weighted by atomic mass is 32.2. The first-order valence-electron chi connectivity index (χ1n) is 5.41. The van der Waals surface area contributed by atoms with Crippen LogP contribution >= 0.6 is 11.3 Å². The molecule has 17 heavy (non-hydrogen) atoms. The van der Waals surface area contributed by atoms with Gasteiger partial charge in [0.1, 0.15) is 4.21 Å². The van der Waals surface area contributed by atoms with Crippen molar-refractivity contribution in [2.45, 2.75) is 24.2 Å². The number of aliphatic hydroxyl groups excluding tert-OH is 1. The molecule has 1 aromatic heterocycles. The molecule has 1 N–H and O–H groups in total. The summed E-state index contributed by atoms with van der Waals surface area (Å²) in [6.07, 6.45) is 4.62. The zero-order valence-electron chi connectivity index (χ0n) is 9.59. The molecule has 1 aromatic rings. The second-order valence-corrected chi connectivity index (χ2v) is 7.25. The summed E-state index contributed by atoms with van der Waals surface area (Å²) in [7, 11) is -3.38. The molecule has 6 heteroatoms. The molecule has 2 rings (SSSR count). The van der Waals surface area contributed by atoms with Gasteiger partial charge < -0.3 is 5.11 Å². The largest absolute Gasteiger partial charge is 0.391 e. The first-order valence-corrected chi connectivity index (χ1v) is 7.66. The summed E-state index contributed by atoms with van der Waals surface area (Å²) in [5, 5.41) is 9.10. The van der Waals surface area contributed by atoms with Crippen molar-refractivity contribution < 1.29 is 13.5 Å². The van der Waals surface area contributed by atoms with E-state index in [0.717, 1.165) is 28.2 Å². The number of sulfonamides is 1. The zero-order valence-corrected chi connectivity index (χ0v) is 11.2. The lowest BCUT2D eigenvalue weighted by Gasteiger charge is -2.21. The van der Waals surface area contributed by atoms with Crippen LogP contribution in [0.2, 0.25) is 0 Å². The minimum absolute atomic E-state index is 0.105. The third-order valence-electron chi connectivity index (χ3n) is 2.76. The quantitative estimate of drug-likeness (QED) is 0.849. The van der Waals surface area contributed by atoms with E-state index in [-0.39, 0.29) is 6.61 Å². The molecule has 0 radical (unpaired) electrons. The summed E-state index contributed by atoms with van der Waals surface area (Å²) in [5.74, 6) is 0. The smallest absolute Gasteiger partial charge is 0.252 e. The van der Waals surface area contributed by atoms with E-state index in [4.69, 9.17) is 5.11 Å². The number of aryl methyl sites for hydroxylation is 1. The fourth-order valence-corrected chi connectivity index (χ4v) is 4.75. The molecule has 0 spiro atoms. The molecule has 0 amide bonds. The third kappa shape index (κ3) is 2.44. The third-order valence-corrected chi connectivity index (χ3v) is 6.29. The van der Waals surface area contributed by atoms with Crippen molar-refractivity contribution >= 4 is 21.4 Å². The van der Waals surface area contributed by atoms with E-state index in [1.165, 1.54) is 4.31 Å². The van der Waals surface area contributed by atoms with E-state index >= 15 is 0 Å². The standard InChI is InChI=1S/C11H15NO3S2/c1-9-7-11(16-10(9)8-13)17(14,15)12-5-3-2-4-6-12/h2-3,7,13H,4-6,8H2,1H3. The maximum atomic E-state index is 12.3. The zero-order chi connectivity index (χ0) is 12.5. The van der Waals surface area contributed by atoms with Gasteiger partial charge in [0.05, 0.1) is 6.61 Å². The van der Waals surface area contributed by atoms with Crippen LogP contribution in [-0.2, 0) is 16.6 Å². The van der Waals surface area contributed by atoms with Crippen LogP contribution in [0, 0.1) is 6.92 Å². The second kappa shape index (κ2) is 4.89. The van der Waals surface area contributed by atoms with Gasteiger partial charge in [-0.3, -0.25) is 0 Å². The molecule has 1 aliphatic rings. The monoisotopic (exact) mass is 273 g/mol. The fraction of sp³-hybridized carbons (Fsp3) is 0.455. The molecular weight excluding hydrogens is 258 g/mol. The fourth-order valence-electron chi connectivity index (χ4n) is 1.74. The maximum Gasteiger partial charge on any atom is 0.252 e. The molecule has 94 valence electrons. The van der Waals surface area contributed by atoms with Gasteiger partial charge in [0.15, 0.2) is 0 Å². The van der Waals surface area contributed by atoms with Crippen LogP contribution in [0.15, 0.2) is 22.4 Å². The van der Waals surface area contributed by atoms with Crippen LogP contribution in [0.5, 0.6) is 0 Å². The minimum atomic E-state index is -3.38. The van der Waals surface area contributed by atoms with Gasteiger partial charge in [-0.2, -0.15) is 4.31 Å². The molecule has 0 unspecified atom stereocenters. The number of nitrogens with zero attached hydrogens (tertiary/aromatic N) is 1. The molecule has 0 saturated heterocycles. The lowest BCUT2D eigenvalue weighted by Crippen LogP contribution is -2.33. The van der Waals surface area contributed by atoms with Crippen molar-refractivity contribution in [1.82, 2.24) is 4.31 Å². The number of rotatable bonds is 3. The van der Waals surface area contributed by atoms with Crippen LogP contribution in [0.3, 0.4) is 0 Å². The van der Waals surface area contributed by atoms with E-state index < -0.39 is 10.0 Å². The van der Waals surface area contributed by atoms with Crippen LogP contribution in [0.4, 0.5) is 0 Å². The summed E-state index contributed by atoms with van der Waals surface area (Å²) in [5.41, 5.74) is 0.837. The second-order valence-electron chi connectivity index (χ2n) is 3.95. The number of hydrogen-bond acceptors (Lipinski definition) is 4. The van der Waals surface area contributed by atoms with Crippen molar-refractivity contribution in [3.63, 3.8) is 0 Å². The van der Waals surface area contributed by atoms with Gasteiger partial charge in [-0.1, -0.05) is 12.2 Å². The number of hydrogen-bond donors (Lipinski definition) is 1. The Kier molecular flexibility index (Phi) is 3.67. The summed E-state index contributed by atoms with van der Waals surface area (Å²) < 4.78 is 26.4. The van der Waals surface area contributed by atoms with E-state index in [1.807, 2.05) is 19.1 Å². The Balaban J connectivity index is 2.33. The molecule has 0 aromatic carbocycles. The van der Waals surface area contributed by atoms with Crippen molar-refractivity contribution in [1.29, 1.82) is 0 Å². The predicted molar refractivity (Wildman–Crippen MR) is 67.5 cm³/mol. The summed E-state index contributed by atoms with van der Waals surface area (Å²) in [4.78, 5) is 0.719. The maximum absolute atomic E-state index is 12.3. The molecule has 0 fully saturated rings. The predicted octanol–water partition coefficient (Wildman–Crippen LogP) is 1.50. The average Bonchev–Trinajstić information content (AvgIpc) is 2.72. The van der Waals surface area contributed by atoms with Gasteiger partial charge in [-0.25, -0.2) is 8.42 Å². The normalized spacial score (nSPS) is 17.5. The molecule has 2 heterocycles. The van der Waals surface area contributed by atoms with Crippen molar-refractivity contribution in [3.8, 4) is 0 Å². The van der Waals surface area contributed by atoms with Crippen LogP contribution < -0.4 is 0 Å². The summed E-state index contributed by atoms with van der Waals surface area (Å²) in [6.45, 7) is 2.68. The molecule has 0 aliphatic carbocycles. The van der Waals surface area contributed by atoms with Crippen molar-refractivity contribution in [2.75, 3.05) is 13.1 Å². The highest BCUT2D eigenvalue weighted by Crippen LogP contribution is 2.29. The summed E-state index contributed by atoms with van der Waals surface area (Å²) >= 11 is 1.16. The van der Waals surface area contributed by atoms with Crippen LogP contribution in [0.25, 0.3) is 0 Å². The molecule has 1 aliphatic heterocycles. The molecule has 0 saturated carbocycles. The van der Waals surface area contributed by atoms with Gasteiger partial charge in [-0.15, -0.1) is 11.3 Å². The van der Waals surface area contributed by atoms with E-state index in [2.05, 4.69) is 0 Å². The first kappa shape index (κ1) is 12.8. The van der Waals surface area contributed by atoms with E-state index in [1.54, 1.807) is 6.07 Å². The SMILES string of the molecule is Cc1cc(S(=O)(=O)N2CC=CCC2)sc1CO. The van der Waals surface area contributed by atoms with Gasteiger partial charge >= 0.3 is 0 Å². The Bertz CT molecular complexity index is 531. The first-order chi connectivity index (χ1) is 8.05. The molecular formula is C11H15NO3S2. The van der Waals surface area contributed by atoms with Gasteiger partial charge in [0.2, 0.25) is 0 Å². The Morgan fingerprint density at radius 3 is 2.76 bits per heavy atom. The Morgan fingerprint density at radius 2 is 2.24 bits per heavy atom. The lowest BCUT2D eigenvalue weighted by atomic mass is 10.3. The number of thiophene rings is 1. The highest BCUT2D eigenvalue weighted by Gasteiger charge is 2.26. The summed E-state index contributed by atoms with van der Waals surface area (Å²) in [6, 6.07) is 1.64. The molecule has 4 nitrogen and oxygen atoms in total. The van der Waals surface area contributed by atoms with E-state index in [9.17, 15) is 8.42 Å². The topological polar surface area (TPSA) is 57.6 Å². The molecule has 0 atom stereocenters. The van der Waals surface area contributed by atoms with Gasteiger partial charge in [-0.05, 0) is 25.0 Å². The Labute approximate surface area is 105 Å². The Morgan fingerprint density at radius 1 is 1.47 bits per heavy atom. The van der Waals surface area contributed by atoms with Crippen molar-refractivity contribution in [2.24, 2.45) is 0 Å². The minimum Gasteiger partial charge on any atom is -0.391 e.